The molecule has 6 nitrogen and oxygen atoms in total. The Labute approximate surface area is 188 Å². The number of aliphatic hydroxyl groups is 1. The molecule has 6 rings (SSSR count). The highest BCUT2D eigenvalue weighted by molar-refractivity contribution is 5.40. The lowest BCUT2D eigenvalue weighted by atomic mass is 9.53. The van der Waals surface area contributed by atoms with Crippen molar-refractivity contribution < 1.29 is 10.2 Å². The number of phenols is 1. The number of hydrogen-bond donors (Lipinski definition) is 2. The summed E-state index contributed by atoms with van der Waals surface area (Å²) in [5.41, 5.74) is 3.21. The molecule has 3 aliphatic rings. The minimum Gasteiger partial charge on any atom is -0.508 e. The summed E-state index contributed by atoms with van der Waals surface area (Å²) in [4.78, 5) is 4.38. The fourth-order valence-electron chi connectivity index (χ4n) is 7.23. The average Bonchev–Trinajstić information content (AvgIpc) is 3.37. The van der Waals surface area contributed by atoms with Gasteiger partial charge in [-0.2, -0.15) is 0 Å². The van der Waals surface area contributed by atoms with E-state index in [-0.39, 0.29) is 5.41 Å². The molecule has 2 fully saturated rings. The number of fused-ring (bicyclic) bond motifs is 5. The molecule has 1 aromatic carbocycles. The average molecular weight is 431 g/mol. The van der Waals surface area contributed by atoms with Crippen LogP contribution in [0.2, 0.25) is 0 Å². The third kappa shape index (κ3) is 2.85. The van der Waals surface area contributed by atoms with E-state index in [2.05, 4.69) is 28.3 Å². The first-order chi connectivity index (χ1) is 15.5. The normalized spacial score (nSPS) is 33.4. The molecule has 3 aromatic rings. The van der Waals surface area contributed by atoms with Crippen molar-refractivity contribution in [2.45, 2.75) is 63.5 Å². The predicted octanol–water partition coefficient (Wildman–Crippen LogP) is 4.17. The number of pyridine rings is 1. The second-order valence-electron chi connectivity index (χ2n) is 10.3. The van der Waals surface area contributed by atoms with Crippen LogP contribution < -0.4 is 0 Å². The quantitative estimate of drug-likeness (QED) is 0.652. The summed E-state index contributed by atoms with van der Waals surface area (Å²) in [6.07, 6.45) is 9.65. The molecule has 0 unspecified atom stereocenters. The Kier molecular flexibility index (Phi) is 4.44. The minimum atomic E-state index is -0.944. The Morgan fingerprint density at radius 2 is 2.03 bits per heavy atom. The molecule has 32 heavy (non-hydrogen) atoms. The van der Waals surface area contributed by atoms with Crippen LogP contribution in [-0.4, -0.2) is 30.2 Å². The number of aromatic nitrogens is 4. The number of nitrogens with zero attached hydrogens (tertiary/aromatic N) is 4. The molecule has 5 atom stereocenters. The highest BCUT2D eigenvalue weighted by atomic mass is 16.3. The molecule has 3 aliphatic carbocycles. The zero-order valence-corrected chi connectivity index (χ0v) is 18.5. The van der Waals surface area contributed by atoms with Gasteiger partial charge in [-0.15, -0.1) is 5.10 Å². The van der Waals surface area contributed by atoms with Crippen molar-refractivity contribution in [1.29, 1.82) is 0 Å². The fourth-order valence-corrected chi connectivity index (χ4v) is 7.23. The van der Waals surface area contributed by atoms with Crippen LogP contribution >= 0.6 is 0 Å². The molecule has 0 amide bonds. The second-order valence-corrected chi connectivity index (χ2v) is 10.3. The SMILES string of the molecule is C[C@]12CC[C@@H]3c4ccc(O)cc4CC[C@H]3[C@@H]1CC[C@@]2(O)c1cn(Cc2ccccn2)nn1. The van der Waals surface area contributed by atoms with Crippen molar-refractivity contribution in [2.24, 2.45) is 17.3 Å². The van der Waals surface area contributed by atoms with Gasteiger partial charge in [0.25, 0.3) is 0 Å². The van der Waals surface area contributed by atoms with E-state index in [0.29, 0.717) is 35.7 Å². The number of phenolic OH excluding ortho intramolecular Hbond substituents is 1. The van der Waals surface area contributed by atoms with Crippen molar-refractivity contribution in [1.82, 2.24) is 20.0 Å². The zero-order chi connectivity index (χ0) is 21.9. The molecular weight excluding hydrogens is 400 g/mol. The van der Waals surface area contributed by atoms with Gasteiger partial charge in [-0.05, 0) is 91.7 Å². The van der Waals surface area contributed by atoms with Gasteiger partial charge >= 0.3 is 0 Å². The van der Waals surface area contributed by atoms with Crippen LogP contribution in [0.4, 0.5) is 0 Å². The summed E-state index contributed by atoms with van der Waals surface area (Å²) < 4.78 is 1.79. The van der Waals surface area contributed by atoms with Crippen molar-refractivity contribution in [2.75, 3.05) is 0 Å². The standard InChI is InChI=1S/C26H30N4O2/c1-25-11-9-21-20-8-6-19(31)14-17(20)5-7-22(21)23(25)10-12-26(25,32)24-16-30(29-28-24)15-18-4-2-3-13-27-18/h2-4,6,8,13-14,16,21-23,31-32H,5,7,9-12,15H2,1H3/t21-,22-,23+,25+,26-/m1/s1. The van der Waals surface area contributed by atoms with E-state index in [1.165, 1.54) is 11.1 Å². The molecule has 0 spiro atoms. The summed E-state index contributed by atoms with van der Waals surface area (Å²) in [7, 11) is 0. The van der Waals surface area contributed by atoms with Crippen molar-refractivity contribution in [3.8, 4) is 5.75 Å². The van der Waals surface area contributed by atoms with Crippen molar-refractivity contribution in [3.05, 3.63) is 71.3 Å². The smallest absolute Gasteiger partial charge is 0.116 e. The zero-order valence-electron chi connectivity index (χ0n) is 18.5. The lowest BCUT2D eigenvalue weighted by molar-refractivity contribution is -0.111. The number of aromatic hydroxyl groups is 1. The van der Waals surface area contributed by atoms with Gasteiger partial charge in [0.1, 0.15) is 17.0 Å². The first-order valence-corrected chi connectivity index (χ1v) is 11.8. The van der Waals surface area contributed by atoms with Gasteiger partial charge < -0.3 is 10.2 Å². The van der Waals surface area contributed by atoms with Crippen LogP contribution in [0.15, 0.2) is 48.8 Å². The summed E-state index contributed by atoms with van der Waals surface area (Å²) in [6.45, 7) is 2.84. The van der Waals surface area contributed by atoms with Crippen molar-refractivity contribution >= 4 is 0 Å². The number of rotatable bonds is 3. The fraction of sp³-hybridized carbons (Fsp3) is 0.500. The summed E-state index contributed by atoms with van der Waals surface area (Å²) >= 11 is 0. The molecular formula is C26H30N4O2. The Bertz CT molecular complexity index is 1150. The van der Waals surface area contributed by atoms with E-state index in [9.17, 15) is 10.2 Å². The van der Waals surface area contributed by atoms with Crippen LogP contribution in [0.3, 0.4) is 0 Å². The third-order valence-corrected chi connectivity index (χ3v) is 8.87. The monoisotopic (exact) mass is 430 g/mol. The van der Waals surface area contributed by atoms with Gasteiger partial charge in [0.2, 0.25) is 0 Å². The number of aryl methyl sites for hydroxylation is 1. The Balaban J connectivity index is 1.28. The van der Waals surface area contributed by atoms with E-state index < -0.39 is 5.60 Å². The summed E-state index contributed by atoms with van der Waals surface area (Å²) in [5.74, 6) is 1.93. The summed E-state index contributed by atoms with van der Waals surface area (Å²) in [5, 5.41) is 30.8. The topological polar surface area (TPSA) is 84.1 Å². The molecule has 2 N–H and O–H groups in total. The molecule has 2 saturated carbocycles. The van der Waals surface area contributed by atoms with E-state index in [1.54, 1.807) is 10.9 Å². The Morgan fingerprint density at radius 1 is 1.12 bits per heavy atom. The van der Waals surface area contributed by atoms with Crippen molar-refractivity contribution in [3.63, 3.8) is 0 Å². The maximum atomic E-state index is 12.1. The maximum Gasteiger partial charge on any atom is 0.116 e. The Hall–Kier alpha value is -2.73. The summed E-state index contributed by atoms with van der Waals surface area (Å²) in [6, 6.07) is 11.8. The first kappa shape index (κ1) is 19.9. The van der Waals surface area contributed by atoms with Crippen LogP contribution in [0.1, 0.15) is 67.5 Å². The Morgan fingerprint density at radius 3 is 2.88 bits per heavy atom. The van der Waals surface area contributed by atoms with Crippen LogP contribution in [0.25, 0.3) is 0 Å². The third-order valence-electron chi connectivity index (χ3n) is 8.87. The highest BCUT2D eigenvalue weighted by Gasteiger charge is 2.63. The van der Waals surface area contributed by atoms with Crippen LogP contribution in [0.5, 0.6) is 5.75 Å². The number of hydrogen-bond acceptors (Lipinski definition) is 5. The van der Waals surface area contributed by atoms with E-state index in [4.69, 9.17) is 0 Å². The molecule has 0 aliphatic heterocycles. The number of benzene rings is 1. The molecule has 6 heteroatoms. The molecule has 2 aromatic heterocycles. The largest absolute Gasteiger partial charge is 0.508 e. The predicted molar refractivity (Wildman–Crippen MR) is 120 cm³/mol. The molecule has 0 saturated heterocycles. The molecule has 0 bridgehead atoms. The second kappa shape index (κ2) is 7.14. The van der Waals surface area contributed by atoms with Crippen LogP contribution in [0, 0.1) is 17.3 Å². The minimum absolute atomic E-state index is 0.200. The van der Waals surface area contributed by atoms with Gasteiger partial charge in [-0.3, -0.25) is 4.98 Å². The van der Waals surface area contributed by atoms with Gasteiger partial charge in [-0.25, -0.2) is 4.68 Å². The highest BCUT2D eigenvalue weighted by Crippen LogP contribution is 2.66. The maximum absolute atomic E-state index is 12.1. The van der Waals surface area contributed by atoms with Gasteiger partial charge in [0, 0.05) is 11.6 Å². The van der Waals surface area contributed by atoms with Gasteiger partial charge in [-0.1, -0.05) is 24.3 Å². The van der Waals surface area contributed by atoms with E-state index in [1.807, 2.05) is 36.5 Å². The van der Waals surface area contributed by atoms with E-state index >= 15 is 0 Å². The van der Waals surface area contributed by atoms with Gasteiger partial charge in [0.15, 0.2) is 0 Å². The molecule has 0 radical (unpaired) electrons. The van der Waals surface area contributed by atoms with Gasteiger partial charge in [0.05, 0.1) is 18.4 Å². The lowest BCUT2D eigenvalue weighted by Crippen LogP contribution is -2.49. The molecule has 2 heterocycles. The van der Waals surface area contributed by atoms with Crippen LogP contribution in [-0.2, 0) is 18.6 Å². The molecule has 166 valence electrons. The first-order valence-electron chi connectivity index (χ1n) is 11.8. The van der Waals surface area contributed by atoms with E-state index in [0.717, 1.165) is 44.2 Å². The lowest BCUT2D eigenvalue weighted by Gasteiger charge is -2.52.